The first-order chi connectivity index (χ1) is 12.4. The predicted molar refractivity (Wildman–Crippen MR) is 95.6 cm³/mol. The lowest BCUT2D eigenvalue weighted by Crippen LogP contribution is -2.21. The molecule has 1 aliphatic rings. The Morgan fingerprint density at radius 3 is 2.35 bits per heavy atom. The highest BCUT2D eigenvalue weighted by molar-refractivity contribution is 6.03. The van der Waals surface area contributed by atoms with Gasteiger partial charge in [0.1, 0.15) is 6.10 Å². The molecule has 1 aromatic carbocycles. The van der Waals surface area contributed by atoms with Gasteiger partial charge >= 0.3 is 17.9 Å². The zero-order valence-corrected chi connectivity index (χ0v) is 14.9. The maximum Gasteiger partial charge on any atom is 0.337 e. The Balaban J connectivity index is 2.77. The molecule has 0 fully saturated rings. The molecule has 0 heterocycles. The Morgan fingerprint density at radius 1 is 1.15 bits per heavy atom. The molecule has 0 radical (unpaired) electrons. The van der Waals surface area contributed by atoms with Crippen LogP contribution in [0.25, 0.3) is 0 Å². The summed E-state index contributed by atoms with van der Waals surface area (Å²) in [6, 6.07) is 1.48. The van der Waals surface area contributed by atoms with Crippen molar-refractivity contribution in [3.63, 3.8) is 0 Å². The van der Waals surface area contributed by atoms with Gasteiger partial charge in [0.15, 0.2) is 0 Å². The molecule has 0 aliphatic heterocycles. The van der Waals surface area contributed by atoms with Crippen LogP contribution in [0.5, 0.6) is 0 Å². The number of fused-ring (bicyclic) bond motifs is 1. The molecule has 1 aliphatic carbocycles. The van der Waals surface area contributed by atoms with Crippen LogP contribution in [0, 0.1) is 0 Å². The second-order valence-electron chi connectivity index (χ2n) is 6.41. The zero-order chi connectivity index (χ0) is 19.3. The lowest BCUT2D eigenvalue weighted by molar-refractivity contribution is -0.143. The number of carboxylic acid groups (broad SMARTS) is 2. The first-order valence-electron chi connectivity index (χ1n) is 8.88. The van der Waals surface area contributed by atoms with Crippen molar-refractivity contribution in [2.24, 2.45) is 0 Å². The van der Waals surface area contributed by atoms with Gasteiger partial charge in [-0.2, -0.15) is 0 Å². The average Bonchev–Trinajstić information content (AvgIpc) is 2.58. The van der Waals surface area contributed by atoms with Crippen molar-refractivity contribution < 1.29 is 29.3 Å². The van der Waals surface area contributed by atoms with E-state index in [1.54, 1.807) is 6.92 Å². The number of carboxylic acids is 2. The van der Waals surface area contributed by atoms with E-state index >= 15 is 0 Å². The molecule has 0 spiro atoms. The van der Waals surface area contributed by atoms with Gasteiger partial charge in [0, 0.05) is 11.6 Å². The number of ether oxygens (including phenoxy) is 1. The van der Waals surface area contributed by atoms with Crippen LogP contribution in [0.2, 0.25) is 0 Å². The fraction of sp³-hybridized carbons (Fsp3) is 0.450. The predicted octanol–water partition coefficient (Wildman–Crippen LogP) is 3.92. The molecule has 0 bridgehead atoms. The monoisotopic (exact) mass is 360 g/mol. The highest BCUT2D eigenvalue weighted by Crippen LogP contribution is 2.36. The number of carbonyl (C=O) groups is 3. The largest absolute Gasteiger partial charge is 0.478 e. The zero-order valence-electron chi connectivity index (χ0n) is 14.9. The minimum Gasteiger partial charge on any atom is -0.478 e. The second kappa shape index (κ2) is 8.65. The summed E-state index contributed by atoms with van der Waals surface area (Å²) in [5.74, 6) is -3.28. The Morgan fingerprint density at radius 2 is 1.81 bits per heavy atom. The van der Waals surface area contributed by atoms with Crippen molar-refractivity contribution in [1.29, 1.82) is 0 Å². The highest BCUT2D eigenvalue weighted by Gasteiger charge is 2.31. The number of hydrogen-bond acceptors (Lipinski definition) is 4. The van der Waals surface area contributed by atoms with Gasteiger partial charge in [0.05, 0.1) is 11.1 Å². The van der Waals surface area contributed by atoms with E-state index in [4.69, 9.17) is 4.74 Å². The first kappa shape index (κ1) is 19.7. The van der Waals surface area contributed by atoms with E-state index in [0.717, 1.165) is 42.9 Å². The van der Waals surface area contributed by atoms with E-state index in [9.17, 15) is 24.6 Å². The summed E-state index contributed by atoms with van der Waals surface area (Å²) in [6.45, 7) is 5.15. The van der Waals surface area contributed by atoms with Crippen LogP contribution >= 0.6 is 0 Å². The Kier molecular flexibility index (Phi) is 6.55. The van der Waals surface area contributed by atoms with E-state index in [2.05, 4.69) is 6.58 Å². The topological polar surface area (TPSA) is 101 Å². The quantitative estimate of drug-likeness (QED) is 0.589. The van der Waals surface area contributed by atoms with Crippen LogP contribution in [-0.2, 0) is 22.4 Å². The van der Waals surface area contributed by atoms with E-state index in [-0.39, 0.29) is 11.1 Å². The minimum atomic E-state index is -1.32. The lowest BCUT2D eigenvalue weighted by atomic mass is 9.82. The fourth-order valence-electron chi connectivity index (χ4n) is 3.58. The van der Waals surface area contributed by atoms with Crippen molar-refractivity contribution in [3.05, 3.63) is 46.5 Å². The Hall–Kier alpha value is -2.63. The number of rotatable bonds is 6. The number of carbonyl (C=O) groups excluding carboxylic acids is 1. The molecule has 1 unspecified atom stereocenters. The Bertz CT molecular complexity index is 734. The summed E-state index contributed by atoms with van der Waals surface area (Å²) in [5, 5.41) is 19.3. The molecular formula is C20H24O6. The molecule has 0 saturated heterocycles. The molecule has 1 atom stereocenters. The van der Waals surface area contributed by atoms with Crippen LogP contribution in [0.3, 0.4) is 0 Å². The van der Waals surface area contributed by atoms with E-state index in [1.807, 2.05) is 0 Å². The minimum absolute atomic E-state index is 0.250. The maximum absolute atomic E-state index is 11.9. The average molecular weight is 360 g/mol. The van der Waals surface area contributed by atoms with Gasteiger partial charge in [-0.1, -0.05) is 26.3 Å². The fourth-order valence-corrected chi connectivity index (χ4v) is 3.58. The second-order valence-corrected chi connectivity index (χ2v) is 6.41. The van der Waals surface area contributed by atoms with Crippen LogP contribution in [0.1, 0.15) is 82.5 Å². The number of aryl methyl sites for hydroxylation is 1. The first-order valence-corrected chi connectivity index (χ1v) is 8.88. The van der Waals surface area contributed by atoms with Crippen molar-refractivity contribution >= 4 is 17.9 Å². The molecule has 2 N–H and O–H groups in total. The van der Waals surface area contributed by atoms with Gasteiger partial charge in [-0.05, 0) is 49.3 Å². The van der Waals surface area contributed by atoms with Gasteiger partial charge in [-0.15, -0.1) is 0 Å². The lowest BCUT2D eigenvalue weighted by Gasteiger charge is -2.26. The van der Waals surface area contributed by atoms with Gasteiger partial charge < -0.3 is 14.9 Å². The third-order valence-electron chi connectivity index (χ3n) is 4.75. The molecule has 26 heavy (non-hydrogen) atoms. The van der Waals surface area contributed by atoms with Gasteiger partial charge in [-0.3, -0.25) is 0 Å². The molecule has 2 rings (SSSR count). The van der Waals surface area contributed by atoms with E-state index in [1.165, 1.54) is 6.07 Å². The summed E-state index contributed by atoms with van der Waals surface area (Å²) < 4.78 is 5.39. The standard InChI is InChI=1S/C20H24O6/c1-3-15(26-16(21)4-2)17-13-10-8-6-5-7-9-12(13)11-14(19(22)23)18(17)20(24)25/h4,11,15H,2-3,5-10H2,1H3,(H,22,23)(H,24,25). The SMILES string of the molecule is C=CC(=O)OC(CC)c1c2c(cc(C(=O)O)c1C(=O)O)CCCCCC2. The van der Waals surface area contributed by atoms with Crippen LogP contribution in [0.15, 0.2) is 18.7 Å². The van der Waals surface area contributed by atoms with Crippen molar-refractivity contribution in [2.75, 3.05) is 0 Å². The number of benzene rings is 1. The summed E-state index contributed by atoms with van der Waals surface area (Å²) in [7, 11) is 0. The highest BCUT2D eigenvalue weighted by atomic mass is 16.5. The van der Waals surface area contributed by atoms with Gasteiger partial charge in [0.2, 0.25) is 0 Å². The molecule has 0 aromatic heterocycles. The van der Waals surface area contributed by atoms with Crippen LogP contribution in [0.4, 0.5) is 0 Å². The van der Waals surface area contributed by atoms with Crippen molar-refractivity contribution in [1.82, 2.24) is 0 Å². The molecule has 0 saturated carbocycles. The smallest absolute Gasteiger partial charge is 0.337 e. The molecule has 140 valence electrons. The summed E-state index contributed by atoms with van der Waals surface area (Å²) in [4.78, 5) is 35.4. The van der Waals surface area contributed by atoms with Gasteiger partial charge in [-0.25, -0.2) is 14.4 Å². The summed E-state index contributed by atoms with van der Waals surface area (Å²) >= 11 is 0. The van der Waals surface area contributed by atoms with Crippen LogP contribution in [-0.4, -0.2) is 28.1 Å². The molecule has 6 nitrogen and oxygen atoms in total. The normalized spacial score (nSPS) is 15.1. The van der Waals surface area contributed by atoms with Crippen molar-refractivity contribution in [2.45, 2.75) is 58.0 Å². The Labute approximate surface area is 152 Å². The van der Waals surface area contributed by atoms with Gasteiger partial charge in [0.25, 0.3) is 0 Å². The third-order valence-corrected chi connectivity index (χ3v) is 4.75. The molecule has 1 aromatic rings. The number of hydrogen-bond donors (Lipinski definition) is 2. The summed E-state index contributed by atoms with van der Waals surface area (Å²) in [5.41, 5.74) is 1.46. The van der Waals surface area contributed by atoms with E-state index in [0.29, 0.717) is 24.8 Å². The third kappa shape index (κ3) is 4.12. The molecular weight excluding hydrogens is 336 g/mol. The maximum atomic E-state index is 11.9. The molecule has 0 amide bonds. The summed E-state index contributed by atoms with van der Waals surface area (Å²) in [6.07, 6.45) is 5.77. The number of esters is 1. The number of aromatic carboxylic acids is 2. The van der Waals surface area contributed by atoms with Crippen molar-refractivity contribution in [3.8, 4) is 0 Å². The van der Waals surface area contributed by atoms with Crippen LogP contribution < -0.4 is 0 Å². The molecule has 6 heteroatoms. The van der Waals surface area contributed by atoms with E-state index < -0.39 is 24.0 Å².